The average Bonchev–Trinajstić information content (AvgIpc) is 2.96. The minimum absolute atomic E-state index is 0.421. The molecule has 23 heavy (non-hydrogen) atoms. The number of hydrogen-bond acceptors (Lipinski definition) is 5. The van der Waals surface area contributed by atoms with Gasteiger partial charge in [-0.25, -0.2) is 9.78 Å². The molecule has 0 spiro atoms. The maximum absolute atomic E-state index is 11.2. The Hall–Kier alpha value is -2.60. The number of carbonyl (C=O) groups is 1. The lowest BCUT2D eigenvalue weighted by molar-refractivity contribution is 0.187. The number of aryl methyl sites for hydroxylation is 1. The van der Waals surface area contributed by atoms with Gasteiger partial charge in [-0.3, -0.25) is 5.32 Å². The topological polar surface area (TPSA) is 60.5 Å². The third kappa shape index (κ3) is 3.60. The van der Waals surface area contributed by atoms with E-state index in [1.165, 1.54) is 7.11 Å². The highest BCUT2D eigenvalue weighted by Crippen LogP contribution is 2.26. The van der Waals surface area contributed by atoms with Crippen LogP contribution in [0.3, 0.4) is 0 Å². The third-order valence-corrected chi connectivity index (χ3v) is 4.31. The Labute approximate surface area is 137 Å². The fraction of sp³-hybridized carbons (Fsp3) is 0.176. The van der Waals surface area contributed by atoms with Gasteiger partial charge in [0.2, 0.25) is 0 Å². The maximum Gasteiger partial charge on any atom is 0.411 e. The summed E-state index contributed by atoms with van der Waals surface area (Å²) in [7, 11) is 1.33. The standard InChI is InChI=1S/C17H16N2O3S/c1-11-9-12(18-17(20)21-2)7-8-14(11)22-10-16-19-13-5-3-4-6-15(13)23-16/h3-9H,10H2,1-2H3,(H,18,20). The van der Waals surface area contributed by atoms with Crippen molar-refractivity contribution in [2.75, 3.05) is 12.4 Å². The van der Waals surface area contributed by atoms with Gasteiger partial charge in [-0.1, -0.05) is 12.1 Å². The smallest absolute Gasteiger partial charge is 0.411 e. The van der Waals surface area contributed by atoms with Gasteiger partial charge in [0, 0.05) is 5.69 Å². The van der Waals surface area contributed by atoms with Gasteiger partial charge in [0.25, 0.3) is 0 Å². The zero-order valence-corrected chi connectivity index (χ0v) is 13.6. The average molecular weight is 328 g/mol. The number of methoxy groups -OCH3 is 1. The van der Waals surface area contributed by atoms with E-state index in [1.807, 2.05) is 37.3 Å². The molecule has 5 nitrogen and oxygen atoms in total. The highest BCUT2D eigenvalue weighted by Gasteiger charge is 2.07. The van der Waals surface area contributed by atoms with Crippen LogP contribution in [0.2, 0.25) is 0 Å². The summed E-state index contributed by atoms with van der Waals surface area (Å²) in [5.74, 6) is 0.764. The second-order valence-electron chi connectivity index (χ2n) is 4.96. The van der Waals surface area contributed by atoms with Crippen LogP contribution in [0, 0.1) is 6.92 Å². The number of nitrogens with one attached hydrogen (secondary N) is 1. The fourth-order valence-electron chi connectivity index (χ4n) is 2.18. The predicted molar refractivity (Wildman–Crippen MR) is 91.2 cm³/mol. The SMILES string of the molecule is COC(=O)Nc1ccc(OCc2nc3ccccc3s2)c(C)c1. The second kappa shape index (κ2) is 6.66. The van der Waals surface area contributed by atoms with Gasteiger partial charge >= 0.3 is 6.09 Å². The molecule has 1 aromatic heterocycles. The summed E-state index contributed by atoms with van der Waals surface area (Å²) in [6, 6.07) is 13.5. The number of para-hydroxylation sites is 1. The van der Waals surface area contributed by atoms with Crippen molar-refractivity contribution in [3.8, 4) is 5.75 Å². The van der Waals surface area contributed by atoms with Crippen LogP contribution in [-0.4, -0.2) is 18.2 Å². The van der Waals surface area contributed by atoms with Gasteiger partial charge in [0.15, 0.2) is 0 Å². The van der Waals surface area contributed by atoms with E-state index in [4.69, 9.17) is 4.74 Å². The second-order valence-corrected chi connectivity index (χ2v) is 6.08. The number of benzene rings is 2. The van der Waals surface area contributed by atoms with Crippen molar-refractivity contribution in [3.63, 3.8) is 0 Å². The van der Waals surface area contributed by atoms with Crippen molar-refractivity contribution < 1.29 is 14.3 Å². The van der Waals surface area contributed by atoms with E-state index in [2.05, 4.69) is 21.1 Å². The van der Waals surface area contributed by atoms with E-state index in [9.17, 15) is 4.79 Å². The maximum atomic E-state index is 11.2. The molecule has 0 radical (unpaired) electrons. The number of ether oxygens (including phenoxy) is 2. The number of rotatable bonds is 4. The van der Waals surface area contributed by atoms with Crippen LogP contribution < -0.4 is 10.1 Å². The lowest BCUT2D eigenvalue weighted by Gasteiger charge is -2.10. The zero-order valence-electron chi connectivity index (χ0n) is 12.8. The number of anilines is 1. The molecule has 3 rings (SSSR count). The van der Waals surface area contributed by atoms with Crippen LogP contribution in [0.15, 0.2) is 42.5 Å². The first kappa shape index (κ1) is 15.3. The number of hydrogen-bond donors (Lipinski definition) is 1. The highest BCUT2D eigenvalue weighted by molar-refractivity contribution is 7.18. The van der Waals surface area contributed by atoms with Crippen LogP contribution in [0.1, 0.15) is 10.6 Å². The predicted octanol–water partition coefficient (Wildman–Crippen LogP) is 4.36. The molecule has 0 atom stereocenters. The van der Waals surface area contributed by atoms with E-state index >= 15 is 0 Å². The van der Waals surface area contributed by atoms with E-state index in [-0.39, 0.29) is 0 Å². The quantitative estimate of drug-likeness (QED) is 0.773. The monoisotopic (exact) mass is 328 g/mol. The van der Waals surface area contributed by atoms with E-state index in [0.717, 1.165) is 26.5 Å². The van der Waals surface area contributed by atoms with Crippen molar-refractivity contribution in [1.82, 2.24) is 4.98 Å². The number of thiazole rings is 1. The Morgan fingerprint density at radius 3 is 2.83 bits per heavy atom. The first-order chi connectivity index (χ1) is 11.2. The Morgan fingerprint density at radius 2 is 2.09 bits per heavy atom. The van der Waals surface area contributed by atoms with Crippen LogP contribution in [-0.2, 0) is 11.3 Å². The molecule has 118 valence electrons. The number of fused-ring (bicyclic) bond motifs is 1. The van der Waals surface area contributed by atoms with Crippen LogP contribution in [0.4, 0.5) is 10.5 Å². The molecular formula is C17H16N2O3S. The molecule has 1 N–H and O–H groups in total. The van der Waals surface area contributed by atoms with Gasteiger partial charge in [0.05, 0.1) is 17.3 Å². The van der Waals surface area contributed by atoms with Crippen molar-refractivity contribution in [2.45, 2.75) is 13.5 Å². The lowest BCUT2D eigenvalue weighted by atomic mass is 10.2. The summed E-state index contributed by atoms with van der Waals surface area (Å²) in [5, 5.41) is 3.56. The fourth-order valence-corrected chi connectivity index (χ4v) is 3.06. The third-order valence-electron chi connectivity index (χ3n) is 3.30. The summed E-state index contributed by atoms with van der Waals surface area (Å²) in [4.78, 5) is 15.7. The summed E-state index contributed by atoms with van der Waals surface area (Å²) in [6.07, 6.45) is -0.493. The molecule has 0 aliphatic heterocycles. The van der Waals surface area contributed by atoms with Crippen molar-refractivity contribution in [2.24, 2.45) is 0 Å². The molecule has 1 amide bonds. The number of carbonyl (C=O) groups excluding carboxylic acids is 1. The summed E-state index contributed by atoms with van der Waals surface area (Å²) >= 11 is 1.63. The molecule has 0 bridgehead atoms. The molecule has 6 heteroatoms. The normalized spacial score (nSPS) is 10.5. The van der Waals surface area contributed by atoms with Crippen molar-refractivity contribution in [1.29, 1.82) is 0 Å². The van der Waals surface area contributed by atoms with E-state index < -0.39 is 6.09 Å². The number of aromatic nitrogens is 1. The Balaban J connectivity index is 1.69. The molecule has 0 aliphatic carbocycles. The minimum Gasteiger partial charge on any atom is -0.486 e. The van der Waals surface area contributed by atoms with Gasteiger partial charge in [-0.05, 0) is 42.8 Å². The lowest BCUT2D eigenvalue weighted by Crippen LogP contribution is -2.11. The Bertz CT molecular complexity index is 812. The van der Waals surface area contributed by atoms with Gasteiger partial charge in [-0.2, -0.15) is 0 Å². The minimum atomic E-state index is -0.493. The van der Waals surface area contributed by atoms with Gasteiger partial charge < -0.3 is 9.47 Å². The van der Waals surface area contributed by atoms with Crippen LogP contribution >= 0.6 is 11.3 Å². The first-order valence-electron chi connectivity index (χ1n) is 7.08. The van der Waals surface area contributed by atoms with Crippen LogP contribution in [0.25, 0.3) is 10.2 Å². The molecule has 0 aliphatic rings. The molecule has 0 fully saturated rings. The highest BCUT2D eigenvalue weighted by atomic mass is 32.1. The number of nitrogens with zero attached hydrogens (tertiary/aromatic N) is 1. The molecular weight excluding hydrogens is 312 g/mol. The molecule has 0 saturated heterocycles. The summed E-state index contributed by atoms with van der Waals surface area (Å²) in [6.45, 7) is 2.35. The summed E-state index contributed by atoms with van der Waals surface area (Å²) < 4.78 is 11.6. The molecule has 0 unspecified atom stereocenters. The Kier molecular flexibility index (Phi) is 4.43. The first-order valence-corrected chi connectivity index (χ1v) is 7.90. The molecule has 1 heterocycles. The van der Waals surface area contributed by atoms with E-state index in [1.54, 1.807) is 17.4 Å². The Morgan fingerprint density at radius 1 is 1.26 bits per heavy atom. The van der Waals surface area contributed by atoms with Crippen molar-refractivity contribution >= 4 is 33.3 Å². The van der Waals surface area contributed by atoms with Gasteiger partial charge in [0.1, 0.15) is 17.4 Å². The molecule has 0 saturated carbocycles. The molecule has 2 aromatic carbocycles. The van der Waals surface area contributed by atoms with E-state index in [0.29, 0.717) is 12.3 Å². The molecule has 3 aromatic rings. The van der Waals surface area contributed by atoms with Crippen LogP contribution in [0.5, 0.6) is 5.75 Å². The summed E-state index contributed by atoms with van der Waals surface area (Å²) in [5.41, 5.74) is 2.59. The van der Waals surface area contributed by atoms with Gasteiger partial charge in [-0.15, -0.1) is 11.3 Å². The largest absolute Gasteiger partial charge is 0.486 e. The number of amides is 1. The zero-order chi connectivity index (χ0) is 16.2. The van der Waals surface area contributed by atoms with Crippen molar-refractivity contribution in [3.05, 3.63) is 53.0 Å².